The molecule has 0 aliphatic heterocycles. The van der Waals surface area contributed by atoms with Crippen molar-refractivity contribution in [2.24, 2.45) is 11.5 Å². The molecule has 0 saturated heterocycles. The third-order valence-electron chi connectivity index (χ3n) is 6.48. The first-order valence-electron chi connectivity index (χ1n) is 13.0. The lowest BCUT2D eigenvalue weighted by atomic mass is 10.0. The number of rotatable bonds is 15. The highest BCUT2D eigenvalue weighted by Crippen LogP contribution is 2.19. The van der Waals surface area contributed by atoms with Crippen LogP contribution in [0.15, 0.2) is 60.8 Å². The molecule has 3 rings (SSSR count). The van der Waals surface area contributed by atoms with Crippen molar-refractivity contribution in [1.82, 2.24) is 20.9 Å². The maximum absolute atomic E-state index is 13.5. The summed E-state index contributed by atoms with van der Waals surface area (Å²) in [5.74, 6) is -4.30. The predicted molar refractivity (Wildman–Crippen MR) is 156 cm³/mol. The van der Waals surface area contributed by atoms with Gasteiger partial charge in [-0.3, -0.25) is 19.2 Å². The SMILES string of the molecule is NC(=O)CCC(NC(=O)C(CS)NC(=O)C(Cc1c[nH]c2ccccc12)NC(=O)C(N)Cc1ccccc1)C(=O)O. The summed E-state index contributed by atoms with van der Waals surface area (Å²) in [5.41, 5.74) is 13.7. The van der Waals surface area contributed by atoms with Crippen LogP contribution < -0.4 is 27.4 Å². The minimum atomic E-state index is -1.40. The van der Waals surface area contributed by atoms with Crippen LogP contribution >= 0.6 is 12.6 Å². The third kappa shape index (κ3) is 9.08. The molecule has 218 valence electrons. The first-order valence-corrected chi connectivity index (χ1v) is 13.6. The van der Waals surface area contributed by atoms with Crippen molar-refractivity contribution in [2.75, 3.05) is 5.75 Å². The molecule has 4 atom stereocenters. The smallest absolute Gasteiger partial charge is 0.326 e. The fourth-order valence-electron chi connectivity index (χ4n) is 4.25. The van der Waals surface area contributed by atoms with Gasteiger partial charge in [0.25, 0.3) is 0 Å². The molecule has 0 fully saturated rings. The normalized spacial score (nSPS) is 13.9. The highest BCUT2D eigenvalue weighted by molar-refractivity contribution is 7.80. The van der Waals surface area contributed by atoms with Crippen molar-refractivity contribution in [3.05, 3.63) is 71.9 Å². The number of carbonyl (C=O) groups is 5. The number of para-hydroxylation sites is 1. The van der Waals surface area contributed by atoms with Crippen LogP contribution in [0.4, 0.5) is 0 Å². The van der Waals surface area contributed by atoms with Gasteiger partial charge in [-0.15, -0.1) is 0 Å². The molecular formula is C28H34N6O6S. The zero-order valence-electron chi connectivity index (χ0n) is 22.2. The molecule has 0 spiro atoms. The number of carboxylic acid groups (broad SMARTS) is 1. The summed E-state index contributed by atoms with van der Waals surface area (Å²) in [6.45, 7) is 0. The molecule has 0 aliphatic rings. The number of fused-ring (bicyclic) bond motifs is 1. The number of amides is 4. The number of nitrogens with one attached hydrogen (secondary N) is 4. The highest BCUT2D eigenvalue weighted by Gasteiger charge is 2.30. The number of carboxylic acids is 1. The van der Waals surface area contributed by atoms with Gasteiger partial charge in [-0.25, -0.2) is 4.79 Å². The minimum absolute atomic E-state index is 0.0803. The second-order valence-corrected chi connectivity index (χ2v) is 9.93. The van der Waals surface area contributed by atoms with E-state index in [1.807, 2.05) is 54.6 Å². The summed E-state index contributed by atoms with van der Waals surface area (Å²) < 4.78 is 0. The third-order valence-corrected chi connectivity index (χ3v) is 6.84. The summed E-state index contributed by atoms with van der Waals surface area (Å²) in [5, 5.41) is 17.8. The molecule has 4 unspecified atom stereocenters. The van der Waals surface area contributed by atoms with Crippen molar-refractivity contribution < 1.29 is 29.1 Å². The molecule has 0 radical (unpaired) electrons. The first-order chi connectivity index (χ1) is 19.6. The van der Waals surface area contributed by atoms with E-state index < -0.39 is 53.8 Å². The summed E-state index contributed by atoms with van der Waals surface area (Å²) in [6, 6.07) is 12.0. The van der Waals surface area contributed by atoms with E-state index in [0.717, 1.165) is 22.0 Å². The van der Waals surface area contributed by atoms with Crippen LogP contribution in [0.5, 0.6) is 0 Å². The fraction of sp³-hybridized carbons (Fsp3) is 0.321. The van der Waals surface area contributed by atoms with Gasteiger partial charge in [-0.2, -0.15) is 12.6 Å². The molecule has 12 nitrogen and oxygen atoms in total. The summed E-state index contributed by atoms with van der Waals surface area (Å²) in [4.78, 5) is 65.1. The number of hydrogen-bond acceptors (Lipinski definition) is 7. The van der Waals surface area contributed by atoms with Crippen LogP contribution in [0.1, 0.15) is 24.0 Å². The second kappa shape index (κ2) is 14.9. The lowest BCUT2D eigenvalue weighted by molar-refractivity contribution is -0.142. The Morgan fingerprint density at radius 2 is 1.44 bits per heavy atom. The molecule has 0 bridgehead atoms. The summed E-state index contributed by atoms with van der Waals surface area (Å²) in [7, 11) is 0. The molecule has 4 amide bonds. The van der Waals surface area contributed by atoms with Crippen LogP contribution in [0, 0.1) is 0 Å². The van der Waals surface area contributed by atoms with E-state index in [1.54, 1.807) is 6.20 Å². The standard InChI is InChI=1S/C28H34N6O6S/c29-19(12-16-6-2-1-3-7-16)25(36)33-22(13-17-14-31-20-9-5-4-8-18(17)20)26(37)34-23(15-41)27(38)32-21(28(39)40)10-11-24(30)35/h1-9,14,19,21-23,31,41H,10-13,15,29H2,(H2,30,35)(H,32,38)(H,33,36)(H,34,37)(H,39,40). The lowest BCUT2D eigenvalue weighted by Gasteiger charge is -2.24. The Morgan fingerprint density at radius 3 is 2.10 bits per heavy atom. The average molecular weight is 583 g/mol. The number of H-pyrrole nitrogens is 1. The monoisotopic (exact) mass is 582 g/mol. The van der Waals surface area contributed by atoms with E-state index in [2.05, 4.69) is 33.6 Å². The van der Waals surface area contributed by atoms with Gasteiger partial charge in [-0.1, -0.05) is 48.5 Å². The topological polar surface area (TPSA) is 209 Å². The largest absolute Gasteiger partial charge is 0.480 e. The molecule has 1 heterocycles. The minimum Gasteiger partial charge on any atom is -0.480 e. The fourth-order valence-corrected chi connectivity index (χ4v) is 4.51. The van der Waals surface area contributed by atoms with Gasteiger partial charge in [-0.05, 0) is 30.0 Å². The lowest BCUT2D eigenvalue weighted by Crippen LogP contribution is -2.58. The molecule has 13 heteroatoms. The molecule has 1 aromatic heterocycles. The van der Waals surface area contributed by atoms with Crippen molar-refractivity contribution in [1.29, 1.82) is 0 Å². The number of hydrogen-bond donors (Lipinski definition) is 8. The van der Waals surface area contributed by atoms with Crippen LogP contribution in [0.3, 0.4) is 0 Å². The van der Waals surface area contributed by atoms with E-state index in [4.69, 9.17) is 11.5 Å². The maximum atomic E-state index is 13.5. The molecule has 41 heavy (non-hydrogen) atoms. The van der Waals surface area contributed by atoms with Crippen molar-refractivity contribution in [3.8, 4) is 0 Å². The van der Waals surface area contributed by atoms with Crippen molar-refractivity contribution >= 4 is 53.1 Å². The molecule has 0 aliphatic carbocycles. The Hall–Kier alpha value is -4.36. The summed E-state index contributed by atoms with van der Waals surface area (Å²) >= 11 is 4.14. The van der Waals surface area contributed by atoms with E-state index in [1.165, 1.54) is 0 Å². The number of aliphatic carboxylic acids is 1. The first kappa shape index (κ1) is 31.2. The zero-order valence-corrected chi connectivity index (χ0v) is 23.1. The Kier molecular flexibility index (Phi) is 11.3. The van der Waals surface area contributed by atoms with E-state index in [-0.39, 0.29) is 31.4 Å². The van der Waals surface area contributed by atoms with E-state index in [0.29, 0.717) is 0 Å². The Balaban J connectivity index is 1.77. The molecular weight excluding hydrogens is 548 g/mol. The van der Waals surface area contributed by atoms with E-state index >= 15 is 0 Å². The predicted octanol–water partition coefficient (Wildman–Crippen LogP) is 0.0147. The van der Waals surface area contributed by atoms with Gasteiger partial charge in [0, 0.05) is 35.7 Å². The molecule has 3 aromatic rings. The number of nitrogens with two attached hydrogens (primary N) is 2. The van der Waals surface area contributed by atoms with Gasteiger partial charge in [0.05, 0.1) is 6.04 Å². The van der Waals surface area contributed by atoms with Gasteiger partial charge in [0.2, 0.25) is 23.6 Å². The van der Waals surface area contributed by atoms with Gasteiger partial charge in [0.15, 0.2) is 0 Å². The van der Waals surface area contributed by atoms with Crippen molar-refractivity contribution in [3.63, 3.8) is 0 Å². The Bertz CT molecular complexity index is 1380. The molecule has 2 aromatic carbocycles. The number of thiol groups is 1. The highest BCUT2D eigenvalue weighted by atomic mass is 32.1. The number of primary amides is 1. The molecule has 0 saturated carbocycles. The number of carbonyl (C=O) groups excluding carboxylic acids is 4. The molecule has 9 N–H and O–H groups in total. The van der Waals surface area contributed by atoms with Gasteiger partial charge < -0.3 is 37.5 Å². The number of aromatic amines is 1. The van der Waals surface area contributed by atoms with Gasteiger partial charge in [0.1, 0.15) is 18.1 Å². The Labute approximate surface area is 242 Å². The van der Waals surface area contributed by atoms with Crippen molar-refractivity contribution in [2.45, 2.75) is 49.9 Å². The average Bonchev–Trinajstić information content (AvgIpc) is 3.36. The maximum Gasteiger partial charge on any atom is 0.326 e. The van der Waals surface area contributed by atoms with Crippen LogP contribution in [0.2, 0.25) is 0 Å². The second-order valence-electron chi connectivity index (χ2n) is 9.57. The zero-order chi connectivity index (χ0) is 29.9. The number of aromatic nitrogens is 1. The Morgan fingerprint density at radius 1 is 0.829 bits per heavy atom. The quantitative estimate of drug-likeness (QED) is 0.115. The van der Waals surface area contributed by atoms with Gasteiger partial charge >= 0.3 is 5.97 Å². The van der Waals surface area contributed by atoms with E-state index in [9.17, 15) is 29.1 Å². The van der Waals surface area contributed by atoms with Crippen LogP contribution in [-0.4, -0.2) is 69.6 Å². The van der Waals surface area contributed by atoms with Crippen LogP contribution in [-0.2, 0) is 36.8 Å². The number of benzene rings is 2. The summed E-state index contributed by atoms with van der Waals surface area (Å²) in [6.07, 6.45) is 1.59. The van der Waals surface area contributed by atoms with Crippen LogP contribution in [0.25, 0.3) is 10.9 Å².